The van der Waals surface area contributed by atoms with Crippen molar-refractivity contribution in [3.8, 4) is 0 Å². The molecule has 0 spiro atoms. The summed E-state index contributed by atoms with van der Waals surface area (Å²) in [5.74, 6) is -0.971. The highest BCUT2D eigenvalue weighted by molar-refractivity contribution is 5.97. The summed E-state index contributed by atoms with van der Waals surface area (Å²) in [7, 11) is 0. The van der Waals surface area contributed by atoms with E-state index in [1.54, 1.807) is 43.3 Å². The monoisotopic (exact) mass is 408 g/mol. The van der Waals surface area contributed by atoms with Crippen LogP contribution in [0.25, 0.3) is 17.0 Å². The minimum absolute atomic E-state index is 0.269. The van der Waals surface area contributed by atoms with Gasteiger partial charge in [-0.15, -0.1) is 0 Å². The lowest BCUT2D eigenvalue weighted by molar-refractivity contribution is -0.116. The van der Waals surface area contributed by atoms with Crippen LogP contribution in [0.2, 0.25) is 0 Å². The number of aromatic amines is 1. The molecule has 2 aromatic carbocycles. The molecule has 0 aliphatic heterocycles. The van der Waals surface area contributed by atoms with E-state index in [0.29, 0.717) is 29.6 Å². The lowest BCUT2D eigenvalue weighted by Gasteiger charge is -2.06. The minimum atomic E-state index is -0.421. The molecule has 0 radical (unpaired) electrons. The normalized spacial score (nSPS) is 11.2. The number of aromatic nitrogens is 1. The summed E-state index contributed by atoms with van der Waals surface area (Å²) >= 11 is 0. The zero-order valence-corrected chi connectivity index (χ0v) is 17.3. The van der Waals surface area contributed by atoms with Gasteiger partial charge in [0.15, 0.2) is 0 Å². The molecule has 1 aromatic heterocycles. The van der Waals surface area contributed by atoms with Gasteiger partial charge in [0.2, 0.25) is 5.91 Å². The number of hydrogen-bond acceptors (Lipinski definition) is 3. The fourth-order valence-electron chi connectivity index (χ4n) is 3.53. The Kier molecular flexibility index (Phi) is 6.67. The second-order valence-corrected chi connectivity index (χ2v) is 7.02. The van der Waals surface area contributed by atoms with Gasteiger partial charge in [-0.25, -0.2) is 9.18 Å². The van der Waals surface area contributed by atoms with Crippen molar-refractivity contribution in [2.24, 2.45) is 0 Å². The molecule has 1 heterocycles. The second-order valence-electron chi connectivity index (χ2n) is 7.02. The molecule has 6 heteroatoms. The van der Waals surface area contributed by atoms with Crippen LogP contribution in [-0.2, 0) is 16.0 Å². The third-order valence-corrected chi connectivity index (χ3v) is 4.97. The average molecular weight is 408 g/mol. The molecule has 0 saturated carbocycles. The van der Waals surface area contributed by atoms with Crippen LogP contribution in [-0.4, -0.2) is 30.0 Å². The van der Waals surface area contributed by atoms with Crippen molar-refractivity contribution >= 4 is 28.9 Å². The van der Waals surface area contributed by atoms with Crippen molar-refractivity contribution in [1.82, 2.24) is 10.3 Å². The number of aryl methyl sites for hydroxylation is 2. The molecule has 0 bridgehead atoms. The van der Waals surface area contributed by atoms with Crippen molar-refractivity contribution in [3.63, 3.8) is 0 Å². The molecule has 3 aromatic rings. The third kappa shape index (κ3) is 4.59. The van der Waals surface area contributed by atoms with E-state index in [1.807, 2.05) is 13.8 Å². The van der Waals surface area contributed by atoms with E-state index < -0.39 is 5.97 Å². The first-order valence-electron chi connectivity index (χ1n) is 9.90. The number of carbonyl (C=O) groups is 2. The van der Waals surface area contributed by atoms with Crippen LogP contribution in [0.4, 0.5) is 4.39 Å². The smallest absolute Gasteiger partial charge is 0.338 e. The van der Waals surface area contributed by atoms with Crippen LogP contribution in [0.1, 0.15) is 39.7 Å². The standard InChI is InChI=1S/C24H25FN2O3/c1-4-30-24(29)19-8-6-5-7-17(19)10-12-21(28)26-14-13-18-16(3)27-23-20(25)11-9-15(2)22(18)23/h5-12,27H,4,13-14H2,1-3H3,(H,26,28)/b12-10+. The summed E-state index contributed by atoms with van der Waals surface area (Å²) in [5, 5.41) is 3.72. The lowest BCUT2D eigenvalue weighted by atomic mass is 10.0. The van der Waals surface area contributed by atoms with Crippen molar-refractivity contribution in [1.29, 1.82) is 0 Å². The third-order valence-electron chi connectivity index (χ3n) is 4.97. The summed E-state index contributed by atoms with van der Waals surface area (Å²) in [6.45, 7) is 6.29. The van der Waals surface area contributed by atoms with Crippen molar-refractivity contribution in [3.05, 3.63) is 76.2 Å². The molecule has 30 heavy (non-hydrogen) atoms. The fraction of sp³-hybridized carbons (Fsp3) is 0.250. The van der Waals surface area contributed by atoms with Gasteiger partial charge in [0.1, 0.15) is 5.82 Å². The summed E-state index contributed by atoms with van der Waals surface area (Å²) in [6.07, 6.45) is 3.57. The maximum Gasteiger partial charge on any atom is 0.338 e. The van der Waals surface area contributed by atoms with Crippen molar-refractivity contribution < 1.29 is 18.7 Å². The molecular formula is C24H25FN2O3. The van der Waals surface area contributed by atoms with Gasteiger partial charge >= 0.3 is 5.97 Å². The van der Waals surface area contributed by atoms with Gasteiger partial charge < -0.3 is 15.0 Å². The molecular weight excluding hydrogens is 383 g/mol. The number of H-pyrrole nitrogens is 1. The molecule has 0 fully saturated rings. The van der Waals surface area contributed by atoms with Crippen LogP contribution in [0.5, 0.6) is 0 Å². The van der Waals surface area contributed by atoms with Crippen LogP contribution in [0, 0.1) is 19.7 Å². The Morgan fingerprint density at radius 1 is 1.17 bits per heavy atom. The van der Waals surface area contributed by atoms with Crippen molar-refractivity contribution in [2.75, 3.05) is 13.2 Å². The van der Waals surface area contributed by atoms with Gasteiger partial charge in [-0.2, -0.15) is 0 Å². The molecule has 3 rings (SSSR count). The Morgan fingerprint density at radius 2 is 1.93 bits per heavy atom. The van der Waals surface area contributed by atoms with Crippen molar-refractivity contribution in [2.45, 2.75) is 27.2 Å². The predicted molar refractivity (Wildman–Crippen MR) is 116 cm³/mol. The number of hydrogen-bond donors (Lipinski definition) is 2. The highest BCUT2D eigenvalue weighted by Crippen LogP contribution is 2.27. The Balaban J connectivity index is 1.66. The molecule has 2 N–H and O–H groups in total. The van der Waals surface area contributed by atoms with E-state index in [-0.39, 0.29) is 18.3 Å². The topological polar surface area (TPSA) is 71.2 Å². The first-order valence-corrected chi connectivity index (χ1v) is 9.90. The summed E-state index contributed by atoms with van der Waals surface area (Å²) in [6, 6.07) is 10.2. The molecule has 0 saturated heterocycles. The Labute approximate surface area is 174 Å². The Morgan fingerprint density at radius 3 is 2.70 bits per heavy atom. The molecule has 5 nitrogen and oxygen atoms in total. The highest BCUT2D eigenvalue weighted by atomic mass is 19.1. The summed E-state index contributed by atoms with van der Waals surface area (Å²) < 4.78 is 19.1. The van der Waals surface area contributed by atoms with E-state index >= 15 is 0 Å². The second kappa shape index (κ2) is 9.39. The van der Waals surface area contributed by atoms with E-state index in [1.165, 1.54) is 12.1 Å². The maximum atomic E-state index is 14.1. The molecule has 0 aliphatic carbocycles. The largest absolute Gasteiger partial charge is 0.462 e. The van der Waals surface area contributed by atoms with Crippen LogP contribution >= 0.6 is 0 Å². The number of carbonyl (C=O) groups excluding carboxylic acids is 2. The van der Waals surface area contributed by atoms with E-state index in [9.17, 15) is 14.0 Å². The van der Waals surface area contributed by atoms with Gasteiger partial charge in [0.25, 0.3) is 0 Å². The number of amides is 1. The Bertz CT molecular complexity index is 1120. The van der Waals surface area contributed by atoms with E-state index in [4.69, 9.17) is 4.74 Å². The number of halogens is 1. The Hall–Kier alpha value is -3.41. The lowest BCUT2D eigenvalue weighted by Crippen LogP contribution is -2.23. The van der Waals surface area contributed by atoms with Gasteiger partial charge in [0.05, 0.1) is 17.7 Å². The first kappa shape index (κ1) is 21.3. The number of benzene rings is 2. The highest BCUT2D eigenvalue weighted by Gasteiger charge is 2.14. The number of nitrogens with one attached hydrogen (secondary N) is 2. The van der Waals surface area contributed by atoms with E-state index in [2.05, 4.69) is 10.3 Å². The zero-order valence-electron chi connectivity index (χ0n) is 17.3. The SMILES string of the molecule is CCOC(=O)c1ccccc1/C=C/C(=O)NCCc1c(C)[nH]c2c(F)ccc(C)c12. The van der Waals surface area contributed by atoms with Gasteiger partial charge in [-0.1, -0.05) is 24.3 Å². The van der Waals surface area contributed by atoms with Crippen LogP contribution in [0.15, 0.2) is 42.5 Å². The number of rotatable bonds is 7. The average Bonchev–Trinajstić information content (AvgIpc) is 3.07. The van der Waals surface area contributed by atoms with Crippen LogP contribution in [0.3, 0.4) is 0 Å². The number of ether oxygens (including phenoxy) is 1. The summed E-state index contributed by atoms with van der Waals surface area (Å²) in [5.41, 5.74) is 4.42. The fourth-order valence-corrected chi connectivity index (χ4v) is 3.53. The van der Waals surface area contributed by atoms with E-state index in [0.717, 1.165) is 22.2 Å². The first-order chi connectivity index (χ1) is 14.4. The molecule has 0 aliphatic rings. The molecule has 0 unspecified atom stereocenters. The maximum absolute atomic E-state index is 14.1. The van der Waals surface area contributed by atoms with Crippen LogP contribution < -0.4 is 5.32 Å². The van der Waals surface area contributed by atoms with Gasteiger partial charge in [-0.3, -0.25) is 4.79 Å². The number of esters is 1. The molecule has 156 valence electrons. The zero-order chi connectivity index (χ0) is 21.7. The minimum Gasteiger partial charge on any atom is -0.462 e. The summed E-state index contributed by atoms with van der Waals surface area (Å²) in [4.78, 5) is 27.4. The van der Waals surface area contributed by atoms with Gasteiger partial charge in [0, 0.05) is 23.7 Å². The number of fused-ring (bicyclic) bond motifs is 1. The quantitative estimate of drug-likeness (QED) is 0.448. The predicted octanol–water partition coefficient (Wildman–Crippen LogP) is 4.47. The van der Waals surface area contributed by atoms with Gasteiger partial charge in [-0.05, 0) is 62.1 Å². The molecule has 1 amide bonds. The molecule has 0 atom stereocenters.